The summed E-state index contributed by atoms with van der Waals surface area (Å²) in [7, 11) is 0. The fourth-order valence-electron chi connectivity index (χ4n) is 3.31. The minimum absolute atomic E-state index is 0.216. The average molecular weight is 370 g/mol. The molecule has 2 N–H and O–H groups in total. The molecule has 1 saturated carbocycles. The van der Waals surface area contributed by atoms with E-state index in [1.54, 1.807) is 6.07 Å². The number of aryl methyl sites for hydroxylation is 1. The van der Waals surface area contributed by atoms with Gasteiger partial charge in [0.2, 0.25) is 5.95 Å². The van der Waals surface area contributed by atoms with Crippen molar-refractivity contribution < 1.29 is 9.32 Å². The second-order valence-corrected chi connectivity index (χ2v) is 7.31. The number of hydrogen-bond acceptors (Lipinski definition) is 7. The van der Waals surface area contributed by atoms with E-state index in [2.05, 4.69) is 30.7 Å². The lowest BCUT2D eigenvalue weighted by Crippen LogP contribution is -2.31. The van der Waals surface area contributed by atoms with Crippen molar-refractivity contribution in [3.63, 3.8) is 0 Å². The van der Waals surface area contributed by atoms with Gasteiger partial charge in [0.25, 0.3) is 5.91 Å². The maximum atomic E-state index is 12.1. The van der Waals surface area contributed by atoms with Crippen LogP contribution in [0.2, 0.25) is 0 Å². The quantitative estimate of drug-likeness (QED) is 0.723. The Morgan fingerprint density at radius 3 is 2.78 bits per heavy atom. The number of nitrogens with one attached hydrogen (secondary N) is 2. The van der Waals surface area contributed by atoms with Crippen LogP contribution in [0.4, 0.5) is 11.8 Å². The largest absolute Gasteiger partial charge is 0.360 e. The lowest BCUT2D eigenvalue weighted by Gasteiger charge is -2.28. The second-order valence-electron chi connectivity index (χ2n) is 7.31. The van der Waals surface area contributed by atoms with Gasteiger partial charge in [0, 0.05) is 49.9 Å². The molecular formula is C19H26N6O2. The number of carbonyl (C=O) groups excluding carboxylic acids is 1. The first-order valence-electron chi connectivity index (χ1n) is 9.78. The van der Waals surface area contributed by atoms with Gasteiger partial charge in [-0.2, -0.15) is 4.98 Å². The molecule has 1 amide bonds. The van der Waals surface area contributed by atoms with Gasteiger partial charge >= 0.3 is 0 Å². The van der Waals surface area contributed by atoms with Crippen molar-refractivity contribution in [2.45, 2.75) is 44.9 Å². The van der Waals surface area contributed by atoms with Crippen LogP contribution in [0.15, 0.2) is 16.7 Å². The van der Waals surface area contributed by atoms with E-state index in [1.807, 2.05) is 13.0 Å². The zero-order valence-electron chi connectivity index (χ0n) is 15.7. The first kappa shape index (κ1) is 17.8. The third-order valence-electron chi connectivity index (χ3n) is 4.96. The van der Waals surface area contributed by atoms with Crippen molar-refractivity contribution >= 4 is 17.7 Å². The summed E-state index contributed by atoms with van der Waals surface area (Å²) in [6.45, 7) is 5.08. The first-order chi connectivity index (χ1) is 13.2. The van der Waals surface area contributed by atoms with Gasteiger partial charge in [0.05, 0.1) is 0 Å². The molecule has 2 aliphatic rings. The van der Waals surface area contributed by atoms with Gasteiger partial charge in [-0.1, -0.05) is 5.16 Å². The standard InChI is InChI=1S/C19H26N6O2/c1-13-11-17(25-9-3-2-4-10-25)23-19(22-13)21-8-7-20-18(26)15-12-16(27-24-15)14-5-6-14/h11-12,14H,2-10H2,1H3,(H,20,26)(H,21,22,23). The Hall–Kier alpha value is -2.64. The Bertz CT molecular complexity index is 795. The molecule has 3 heterocycles. The van der Waals surface area contributed by atoms with Crippen LogP contribution in [0.25, 0.3) is 0 Å². The molecule has 0 spiro atoms. The number of carbonyl (C=O) groups is 1. The van der Waals surface area contributed by atoms with Crippen molar-refractivity contribution in [2.75, 3.05) is 36.4 Å². The molecule has 0 radical (unpaired) electrons. The van der Waals surface area contributed by atoms with E-state index < -0.39 is 0 Å². The molecule has 8 heteroatoms. The van der Waals surface area contributed by atoms with Gasteiger partial charge in [0.15, 0.2) is 5.69 Å². The Kier molecular flexibility index (Phi) is 5.22. The van der Waals surface area contributed by atoms with Gasteiger partial charge in [-0.05, 0) is 39.0 Å². The van der Waals surface area contributed by atoms with Gasteiger partial charge in [-0.3, -0.25) is 4.79 Å². The maximum absolute atomic E-state index is 12.1. The zero-order chi connectivity index (χ0) is 18.6. The van der Waals surface area contributed by atoms with Gasteiger partial charge in [0.1, 0.15) is 11.6 Å². The van der Waals surface area contributed by atoms with Crippen LogP contribution < -0.4 is 15.5 Å². The summed E-state index contributed by atoms with van der Waals surface area (Å²) in [6.07, 6.45) is 5.95. The molecule has 0 atom stereocenters. The third kappa shape index (κ3) is 4.56. The SMILES string of the molecule is Cc1cc(N2CCCCC2)nc(NCCNC(=O)c2cc(C3CC3)on2)n1. The highest BCUT2D eigenvalue weighted by molar-refractivity contribution is 5.92. The highest BCUT2D eigenvalue weighted by Crippen LogP contribution is 2.40. The summed E-state index contributed by atoms with van der Waals surface area (Å²) in [5.74, 6) is 2.63. The molecule has 2 fully saturated rings. The van der Waals surface area contributed by atoms with Gasteiger partial charge in [-0.15, -0.1) is 0 Å². The molecule has 1 aliphatic heterocycles. The van der Waals surface area contributed by atoms with Crippen molar-refractivity contribution in [3.05, 3.63) is 29.3 Å². The van der Waals surface area contributed by atoms with Crippen LogP contribution in [-0.2, 0) is 0 Å². The van der Waals surface area contributed by atoms with E-state index in [0.29, 0.717) is 30.6 Å². The fraction of sp³-hybridized carbons (Fsp3) is 0.579. The number of anilines is 2. The molecule has 2 aromatic rings. The minimum atomic E-state index is -0.216. The Labute approximate surface area is 158 Å². The third-order valence-corrected chi connectivity index (χ3v) is 4.96. The van der Waals surface area contributed by atoms with Crippen LogP contribution in [0.1, 0.15) is 60.0 Å². The number of aromatic nitrogens is 3. The lowest BCUT2D eigenvalue weighted by atomic mass is 10.1. The molecule has 4 rings (SSSR count). The summed E-state index contributed by atoms with van der Waals surface area (Å²) in [5, 5.41) is 9.89. The summed E-state index contributed by atoms with van der Waals surface area (Å²) < 4.78 is 5.22. The van der Waals surface area contributed by atoms with Crippen LogP contribution in [0.5, 0.6) is 0 Å². The summed E-state index contributed by atoms with van der Waals surface area (Å²) in [6, 6.07) is 3.77. The summed E-state index contributed by atoms with van der Waals surface area (Å²) >= 11 is 0. The van der Waals surface area contributed by atoms with E-state index >= 15 is 0 Å². The molecule has 8 nitrogen and oxygen atoms in total. The highest BCUT2D eigenvalue weighted by atomic mass is 16.5. The average Bonchev–Trinajstić information content (AvgIpc) is 3.42. The number of nitrogens with zero attached hydrogens (tertiary/aromatic N) is 4. The molecular weight excluding hydrogens is 344 g/mol. The van der Waals surface area contributed by atoms with Crippen LogP contribution in [0, 0.1) is 6.92 Å². The Morgan fingerprint density at radius 2 is 2.00 bits per heavy atom. The molecule has 0 aromatic carbocycles. The van der Waals surface area contributed by atoms with Crippen molar-refractivity contribution in [1.82, 2.24) is 20.4 Å². The Balaban J connectivity index is 1.26. The van der Waals surface area contributed by atoms with E-state index in [4.69, 9.17) is 4.52 Å². The van der Waals surface area contributed by atoms with Crippen LogP contribution in [-0.4, -0.2) is 47.2 Å². The second kappa shape index (κ2) is 7.94. The molecule has 2 aromatic heterocycles. The van der Waals surface area contributed by atoms with Gasteiger partial charge in [-0.25, -0.2) is 4.98 Å². The normalized spacial score (nSPS) is 17.0. The van der Waals surface area contributed by atoms with E-state index in [0.717, 1.165) is 43.2 Å². The van der Waals surface area contributed by atoms with Crippen LogP contribution >= 0.6 is 0 Å². The van der Waals surface area contributed by atoms with Gasteiger partial charge < -0.3 is 20.1 Å². The first-order valence-corrected chi connectivity index (χ1v) is 9.78. The fourth-order valence-corrected chi connectivity index (χ4v) is 3.31. The van der Waals surface area contributed by atoms with E-state index in [-0.39, 0.29) is 5.91 Å². The monoisotopic (exact) mass is 370 g/mol. The summed E-state index contributed by atoms with van der Waals surface area (Å²) in [5.41, 5.74) is 1.28. The van der Waals surface area contributed by atoms with E-state index in [1.165, 1.54) is 19.3 Å². The molecule has 1 saturated heterocycles. The van der Waals surface area contributed by atoms with Crippen molar-refractivity contribution in [3.8, 4) is 0 Å². The molecule has 27 heavy (non-hydrogen) atoms. The highest BCUT2D eigenvalue weighted by Gasteiger charge is 2.28. The predicted molar refractivity (Wildman–Crippen MR) is 102 cm³/mol. The van der Waals surface area contributed by atoms with Crippen LogP contribution in [0.3, 0.4) is 0 Å². The van der Waals surface area contributed by atoms with E-state index in [9.17, 15) is 4.79 Å². The van der Waals surface area contributed by atoms with Crippen molar-refractivity contribution in [2.24, 2.45) is 0 Å². The minimum Gasteiger partial charge on any atom is -0.360 e. The predicted octanol–water partition coefficient (Wildman–Crippen LogP) is 2.48. The lowest BCUT2D eigenvalue weighted by molar-refractivity contribution is 0.0946. The number of rotatable bonds is 7. The smallest absolute Gasteiger partial charge is 0.273 e. The number of piperidine rings is 1. The van der Waals surface area contributed by atoms with Crippen molar-refractivity contribution in [1.29, 1.82) is 0 Å². The topological polar surface area (TPSA) is 96.2 Å². The Morgan fingerprint density at radius 1 is 1.19 bits per heavy atom. The maximum Gasteiger partial charge on any atom is 0.273 e. The summed E-state index contributed by atoms with van der Waals surface area (Å²) in [4.78, 5) is 23.5. The zero-order valence-corrected chi connectivity index (χ0v) is 15.7. The molecule has 0 unspecified atom stereocenters. The number of hydrogen-bond donors (Lipinski definition) is 2. The molecule has 0 bridgehead atoms. The molecule has 1 aliphatic carbocycles. The molecule has 144 valence electrons. The number of amides is 1.